The Morgan fingerprint density at radius 2 is 1.91 bits per heavy atom. The molecule has 0 bridgehead atoms. The Hall–Kier alpha value is -2.71. The summed E-state index contributed by atoms with van der Waals surface area (Å²) < 4.78 is 5.45. The molecule has 0 spiro atoms. The van der Waals surface area contributed by atoms with Crippen LogP contribution < -0.4 is 14.5 Å². The van der Waals surface area contributed by atoms with Crippen LogP contribution in [0.25, 0.3) is 10.9 Å². The van der Waals surface area contributed by atoms with Crippen molar-refractivity contribution in [1.82, 2.24) is 19.9 Å². The van der Waals surface area contributed by atoms with Gasteiger partial charge in [0, 0.05) is 61.5 Å². The maximum atomic E-state index is 9.40. The number of fused-ring (bicyclic) bond motifs is 1. The van der Waals surface area contributed by atoms with Gasteiger partial charge in [0.2, 0.25) is 5.88 Å². The first-order chi connectivity index (χ1) is 16.4. The summed E-state index contributed by atoms with van der Waals surface area (Å²) in [6, 6.07) is 4.03. The summed E-state index contributed by atoms with van der Waals surface area (Å²) >= 11 is 6.77. The third-order valence-electron chi connectivity index (χ3n) is 7.20. The lowest BCUT2D eigenvalue weighted by Crippen LogP contribution is -2.34. The smallest absolute Gasteiger partial charge is 0.235 e. The van der Waals surface area contributed by atoms with E-state index < -0.39 is 0 Å². The molecule has 9 heteroatoms. The van der Waals surface area contributed by atoms with Crippen molar-refractivity contribution >= 4 is 34.0 Å². The summed E-state index contributed by atoms with van der Waals surface area (Å²) in [5.74, 6) is 2.73. The van der Waals surface area contributed by atoms with Crippen LogP contribution in [0.2, 0.25) is 5.02 Å². The molecule has 34 heavy (non-hydrogen) atoms. The predicted octanol–water partition coefficient (Wildman–Crippen LogP) is 3.95. The summed E-state index contributed by atoms with van der Waals surface area (Å²) in [5.41, 5.74) is 2.71. The van der Waals surface area contributed by atoms with E-state index in [1.807, 2.05) is 18.0 Å². The second-order valence-corrected chi connectivity index (χ2v) is 10.0. The number of piperidine rings is 1. The summed E-state index contributed by atoms with van der Waals surface area (Å²) in [6.07, 6.45) is 7.47. The molecule has 1 aliphatic carbocycles. The van der Waals surface area contributed by atoms with E-state index in [4.69, 9.17) is 26.3 Å². The highest BCUT2D eigenvalue weighted by Gasteiger charge is 2.43. The van der Waals surface area contributed by atoms with Gasteiger partial charge in [0.25, 0.3) is 0 Å². The Morgan fingerprint density at radius 3 is 2.59 bits per heavy atom. The number of nitrogens with zero attached hydrogens (tertiary/aromatic N) is 6. The number of likely N-dealkylation sites (N-methyl/N-ethyl adjacent to an activating group) is 1. The Labute approximate surface area is 205 Å². The first kappa shape index (κ1) is 23.1. The summed E-state index contributed by atoms with van der Waals surface area (Å²) in [6.45, 7) is 4.52. The highest BCUT2D eigenvalue weighted by atomic mass is 35.5. The molecule has 2 aliphatic rings. The van der Waals surface area contributed by atoms with Crippen LogP contribution in [0.15, 0.2) is 24.5 Å². The molecule has 1 aromatic carbocycles. The number of aliphatic hydroxyl groups excluding tert-OH is 1. The number of aliphatic hydroxyl groups is 1. The van der Waals surface area contributed by atoms with E-state index in [0.717, 1.165) is 72.7 Å². The molecular weight excluding hydrogens is 452 g/mol. The second-order valence-electron chi connectivity index (χ2n) is 9.61. The van der Waals surface area contributed by atoms with Crippen molar-refractivity contribution in [2.75, 3.05) is 50.2 Å². The Morgan fingerprint density at radius 1 is 1.18 bits per heavy atom. The zero-order valence-corrected chi connectivity index (χ0v) is 20.7. The molecule has 5 rings (SSSR count). The Kier molecular flexibility index (Phi) is 6.20. The van der Waals surface area contributed by atoms with E-state index in [1.165, 1.54) is 0 Å². The first-order valence-electron chi connectivity index (χ1n) is 11.9. The molecule has 2 fully saturated rings. The van der Waals surface area contributed by atoms with Gasteiger partial charge in [-0.3, -0.25) is 4.98 Å². The quantitative estimate of drug-likeness (QED) is 0.541. The maximum Gasteiger partial charge on any atom is 0.235 e. The van der Waals surface area contributed by atoms with E-state index in [0.29, 0.717) is 23.4 Å². The van der Waals surface area contributed by atoms with E-state index in [1.54, 1.807) is 19.5 Å². The number of benzene rings is 1. The number of rotatable bonds is 7. The van der Waals surface area contributed by atoms with Crippen molar-refractivity contribution in [3.63, 3.8) is 0 Å². The molecule has 0 unspecified atom stereocenters. The highest BCUT2D eigenvalue weighted by molar-refractivity contribution is 6.35. The lowest BCUT2D eigenvalue weighted by atomic mass is 9.93. The number of aromatic nitrogens is 4. The average molecular weight is 483 g/mol. The van der Waals surface area contributed by atoms with Gasteiger partial charge >= 0.3 is 0 Å². The maximum absolute atomic E-state index is 9.40. The third-order valence-corrected chi connectivity index (χ3v) is 7.49. The summed E-state index contributed by atoms with van der Waals surface area (Å²) in [4.78, 5) is 23.3. The second kappa shape index (κ2) is 9.15. The highest BCUT2D eigenvalue weighted by Crippen LogP contribution is 2.48. The monoisotopic (exact) mass is 482 g/mol. The van der Waals surface area contributed by atoms with E-state index in [9.17, 15) is 5.11 Å². The molecule has 1 saturated carbocycles. The van der Waals surface area contributed by atoms with Gasteiger partial charge in [0.1, 0.15) is 17.3 Å². The molecule has 1 aliphatic heterocycles. The van der Waals surface area contributed by atoms with Gasteiger partial charge in [-0.15, -0.1) is 0 Å². The fourth-order valence-corrected chi connectivity index (χ4v) is 4.98. The molecule has 1 saturated heterocycles. The third kappa shape index (κ3) is 4.25. The number of hydrogen-bond donors (Lipinski definition) is 1. The Bertz CT molecular complexity index is 1190. The van der Waals surface area contributed by atoms with Crippen molar-refractivity contribution in [2.45, 2.75) is 43.9 Å². The van der Waals surface area contributed by atoms with Crippen LogP contribution in [0.3, 0.4) is 0 Å². The standard InChI is InChI=1S/C25H31ClN6O2/c1-25(6-7-25)24-29-21-18(14-17(15-19(21)26)31(2)12-13-33)22(30-24)32-10-4-16(5-11-32)20-23(34-3)28-9-8-27-20/h8-9,14-16,33H,4-7,10-13H2,1-3H3. The fourth-order valence-electron chi connectivity index (χ4n) is 4.72. The lowest BCUT2D eigenvalue weighted by molar-refractivity contribution is 0.304. The van der Waals surface area contributed by atoms with Crippen LogP contribution in [0.5, 0.6) is 5.88 Å². The zero-order chi connectivity index (χ0) is 23.9. The first-order valence-corrected chi connectivity index (χ1v) is 12.2. The fraction of sp³-hybridized carbons (Fsp3) is 0.520. The molecule has 2 aromatic heterocycles. The van der Waals surface area contributed by atoms with Crippen molar-refractivity contribution in [3.8, 4) is 5.88 Å². The summed E-state index contributed by atoms with van der Waals surface area (Å²) in [5, 5.41) is 11.0. The largest absolute Gasteiger partial charge is 0.480 e. The van der Waals surface area contributed by atoms with Crippen molar-refractivity contribution in [3.05, 3.63) is 41.1 Å². The van der Waals surface area contributed by atoms with Gasteiger partial charge in [-0.05, 0) is 37.8 Å². The minimum absolute atomic E-state index is 0.0317. The van der Waals surface area contributed by atoms with Crippen molar-refractivity contribution in [2.24, 2.45) is 0 Å². The van der Waals surface area contributed by atoms with Crippen LogP contribution in [0.4, 0.5) is 11.5 Å². The molecular formula is C25H31ClN6O2. The summed E-state index contributed by atoms with van der Waals surface area (Å²) in [7, 11) is 3.60. The van der Waals surface area contributed by atoms with Gasteiger partial charge in [0.15, 0.2) is 0 Å². The normalized spacial score (nSPS) is 17.7. The van der Waals surface area contributed by atoms with Gasteiger partial charge in [-0.1, -0.05) is 18.5 Å². The van der Waals surface area contributed by atoms with Crippen LogP contribution in [-0.2, 0) is 5.41 Å². The van der Waals surface area contributed by atoms with Gasteiger partial charge in [-0.25, -0.2) is 15.0 Å². The van der Waals surface area contributed by atoms with E-state index in [2.05, 4.69) is 27.9 Å². The average Bonchev–Trinajstić information content (AvgIpc) is 3.62. The molecule has 0 atom stereocenters. The molecule has 8 nitrogen and oxygen atoms in total. The SMILES string of the molecule is COc1nccnc1C1CCN(c2nc(C3(C)CC3)nc3c(Cl)cc(N(C)CCO)cc23)CC1. The van der Waals surface area contributed by atoms with Crippen molar-refractivity contribution < 1.29 is 9.84 Å². The molecule has 3 heterocycles. The van der Waals surface area contributed by atoms with Gasteiger partial charge in [-0.2, -0.15) is 0 Å². The minimum Gasteiger partial charge on any atom is -0.480 e. The number of anilines is 2. The Balaban J connectivity index is 1.51. The van der Waals surface area contributed by atoms with Gasteiger partial charge < -0.3 is 19.6 Å². The molecule has 3 aromatic rings. The predicted molar refractivity (Wildman–Crippen MR) is 134 cm³/mol. The lowest BCUT2D eigenvalue weighted by Gasteiger charge is -2.34. The topological polar surface area (TPSA) is 87.5 Å². The van der Waals surface area contributed by atoms with Crippen LogP contribution in [0, 0.1) is 0 Å². The molecule has 0 amide bonds. The van der Waals surface area contributed by atoms with Gasteiger partial charge in [0.05, 0.1) is 24.3 Å². The molecule has 1 N–H and O–H groups in total. The zero-order valence-electron chi connectivity index (χ0n) is 20.0. The minimum atomic E-state index is 0.0317. The van der Waals surface area contributed by atoms with Crippen molar-refractivity contribution in [1.29, 1.82) is 0 Å². The number of ether oxygens (including phenoxy) is 1. The van der Waals surface area contributed by atoms with Crippen LogP contribution >= 0.6 is 11.6 Å². The van der Waals surface area contributed by atoms with Crippen LogP contribution in [0.1, 0.15) is 50.0 Å². The molecule has 180 valence electrons. The van der Waals surface area contributed by atoms with E-state index in [-0.39, 0.29) is 12.0 Å². The van der Waals surface area contributed by atoms with Crippen LogP contribution in [-0.4, -0.2) is 65.4 Å². The number of halogens is 1. The van der Waals surface area contributed by atoms with E-state index >= 15 is 0 Å². The number of hydrogen-bond acceptors (Lipinski definition) is 8. The molecule has 0 radical (unpaired) electrons. The number of methoxy groups -OCH3 is 1.